The Morgan fingerprint density at radius 3 is 2.65 bits per heavy atom. The van der Waals surface area contributed by atoms with Crippen molar-refractivity contribution in [2.75, 3.05) is 5.94 Å². The third-order valence-corrected chi connectivity index (χ3v) is 3.31. The molecular formula is C14H17N3O2S. The molecule has 0 atom stereocenters. The van der Waals surface area contributed by atoms with Crippen molar-refractivity contribution < 1.29 is 9.53 Å². The minimum atomic E-state index is -0.492. The Morgan fingerprint density at radius 1 is 1.30 bits per heavy atom. The molecule has 5 nitrogen and oxygen atoms in total. The quantitative estimate of drug-likeness (QED) is 0.492. The molecular weight excluding hydrogens is 274 g/mol. The molecule has 106 valence electrons. The molecule has 0 aliphatic carbocycles. The summed E-state index contributed by atoms with van der Waals surface area (Å²) in [5, 5.41) is 8.63. The Labute approximate surface area is 122 Å². The summed E-state index contributed by atoms with van der Waals surface area (Å²) in [5.41, 5.74) is 0.482. The van der Waals surface area contributed by atoms with Crippen LogP contribution in [-0.4, -0.2) is 26.7 Å². The van der Waals surface area contributed by atoms with E-state index in [1.165, 1.54) is 11.8 Å². The number of hydrogen-bond acceptors (Lipinski definition) is 5. The van der Waals surface area contributed by atoms with Crippen LogP contribution in [0.5, 0.6) is 0 Å². The van der Waals surface area contributed by atoms with Gasteiger partial charge in [-0.25, -0.2) is 0 Å². The molecule has 1 aromatic heterocycles. The lowest BCUT2D eigenvalue weighted by Crippen LogP contribution is -2.22. The average molecular weight is 291 g/mol. The van der Waals surface area contributed by atoms with Crippen LogP contribution in [0.2, 0.25) is 0 Å². The number of carbonyl (C=O) groups is 1. The summed E-state index contributed by atoms with van der Waals surface area (Å²) in [6.07, 6.45) is 1.64. The molecule has 0 saturated heterocycles. The Kier molecular flexibility index (Phi) is 4.44. The molecule has 0 unspecified atom stereocenters. The van der Waals surface area contributed by atoms with Gasteiger partial charge in [0.2, 0.25) is 0 Å². The van der Waals surface area contributed by atoms with Gasteiger partial charge in [-0.1, -0.05) is 18.2 Å². The fourth-order valence-electron chi connectivity index (χ4n) is 1.44. The van der Waals surface area contributed by atoms with Crippen LogP contribution in [0.25, 0.3) is 5.69 Å². The van der Waals surface area contributed by atoms with Crippen molar-refractivity contribution in [2.24, 2.45) is 5.41 Å². The Hall–Kier alpha value is -1.82. The van der Waals surface area contributed by atoms with Gasteiger partial charge in [0.15, 0.2) is 5.16 Å². The fraction of sp³-hybridized carbons (Fsp3) is 0.357. The van der Waals surface area contributed by atoms with Crippen LogP contribution in [0, 0.1) is 5.41 Å². The predicted molar refractivity (Wildman–Crippen MR) is 77.6 cm³/mol. The molecule has 1 aromatic carbocycles. The molecule has 0 spiro atoms. The zero-order valence-corrected chi connectivity index (χ0v) is 12.6. The van der Waals surface area contributed by atoms with Crippen LogP contribution in [0.1, 0.15) is 20.8 Å². The standard InChI is InChI=1S/C14H17N3O2S/c1-14(2,3)12(18)19-10-20-13-16-15-9-17(13)11-7-5-4-6-8-11/h4-9H,10H2,1-3H3. The normalized spacial score (nSPS) is 11.3. The first-order valence-corrected chi connectivity index (χ1v) is 7.22. The minimum Gasteiger partial charge on any atom is -0.454 e. The number of aromatic nitrogens is 3. The first kappa shape index (κ1) is 14.6. The summed E-state index contributed by atoms with van der Waals surface area (Å²) in [6, 6.07) is 9.78. The molecule has 0 saturated carbocycles. The molecule has 0 bridgehead atoms. The molecule has 2 aromatic rings. The van der Waals surface area contributed by atoms with E-state index in [4.69, 9.17) is 4.74 Å². The van der Waals surface area contributed by atoms with Gasteiger partial charge in [-0.15, -0.1) is 10.2 Å². The Morgan fingerprint density at radius 2 is 2.00 bits per heavy atom. The van der Waals surface area contributed by atoms with Crippen molar-refractivity contribution in [3.63, 3.8) is 0 Å². The van der Waals surface area contributed by atoms with E-state index in [9.17, 15) is 4.79 Å². The monoisotopic (exact) mass is 291 g/mol. The van der Waals surface area contributed by atoms with Gasteiger partial charge in [0.1, 0.15) is 12.3 Å². The zero-order chi connectivity index (χ0) is 14.6. The van der Waals surface area contributed by atoms with Gasteiger partial charge in [0, 0.05) is 5.69 Å². The molecule has 20 heavy (non-hydrogen) atoms. The maximum absolute atomic E-state index is 11.7. The van der Waals surface area contributed by atoms with Gasteiger partial charge in [-0.3, -0.25) is 9.36 Å². The van der Waals surface area contributed by atoms with E-state index in [2.05, 4.69) is 10.2 Å². The molecule has 0 amide bonds. The van der Waals surface area contributed by atoms with Gasteiger partial charge in [0.05, 0.1) is 5.41 Å². The van der Waals surface area contributed by atoms with Crippen LogP contribution in [0.15, 0.2) is 41.8 Å². The summed E-state index contributed by atoms with van der Waals surface area (Å²) in [4.78, 5) is 11.7. The summed E-state index contributed by atoms with van der Waals surface area (Å²) in [5.74, 6) is -0.00229. The highest BCUT2D eigenvalue weighted by atomic mass is 32.2. The number of nitrogens with zero attached hydrogens (tertiary/aromatic N) is 3. The number of benzene rings is 1. The van der Waals surface area contributed by atoms with E-state index in [1.807, 2.05) is 55.7 Å². The molecule has 0 fully saturated rings. The lowest BCUT2D eigenvalue weighted by atomic mass is 9.98. The van der Waals surface area contributed by atoms with Crippen molar-refractivity contribution in [1.82, 2.24) is 14.8 Å². The fourth-order valence-corrected chi connectivity index (χ4v) is 2.11. The van der Waals surface area contributed by atoms with E-state index in [0.29, 0.717) is 5.16 Å². The van der Waals surface area contributed by atoms with E-state index < -0.39 is 5.41 Å². The topological polar surface area (TPSA) is 57.0 Å². The van der Waals surface area contributed by atoms with Gasteiger partial charge in [-0.2, -0.15) is 0 Å². The smallest absolute Gasteiger partial charge is 0.312 e. The van der Waals surface area contributed by atoms with Crippen LogP contribution in [0.4, 0.5) is 0 Å². The van der Waals surface area contributed by atoms with Gasteiger partial charge < -0.3 is 4.74 Å². The van der Waals surface area contributed by atoms with E-state index in [-0.39, 0.29) is 11.9 Å². The number of hydrogen-bond donors (Lipinski definition) is 0. The van der Waals surface area contributed by atoms with Crippen molar-refractivity contribution in [2.45, 2.75) is 25.9 Å². The van der Waals surface area contributed by atoms with Crippen molar-refractivity contribution in [3.8, 4) is 5.69 Å². The third-order valence-electron chi connectivity index (χ3n) is 2.54. The van der Waals surface area contributed by atoms with Crippen molar-refractivity contribution in [1.29, 1.82) is 0 Å². The number of thioether (sulfide) groups is 1. The van der Waals surface area contributed by atoms with Crippen LogP contribution in [0.3, 0.4) is 0 Å². The SMILES string of the molecule is CC(C)(C)C(=O)OCSc1nncn1-c1ccccc1. The molecule has 0 N–H and O–H groups in total. The Balaban J connectivity index is 1.99. The second kappa shape index (κ2) is 6.09. The average Bonchev–Trinajstić information content (AvgIpc) is 2.87. The highest BCUT2D eigenvalue weighted by Crippen LogP contribution is 2.21. The first-order valence-electron chi connectivity index (χ1n) is 6.24. The van der Waals surface area contributed by atoms with Crippen LogP contribution in [-0.2, 0) is 9.53 Å². The van der Waals surface area contributed by atoms with Gasteiger partial charge in [0.25, 0.3) is 0 Å². The van der Waals surface area contributed by atoms with Crippen LogP contribution < -0.4 is 0 Å². The second-order valence-corrected chi connectivity index (χ2v) is 6.15. The molecule has 2 rings (SSSR count). The first-order chi connectivity index (χ1) is 9.48. The van der Waals surface area contributed by atoms with Gasteiger partial charge in [-0.05, 0) is 44.7 Å². The number of carbonyl (C=O) groups excluding carboxylic acids is 1. The largest absolute Gasteiger partial charge is 0.454 e. The van der Waals surface area contributed by atoms with E-state index in [0.717, 1.165) is 5.69 Å². The number of rotatable bonds is 4. The minimum absolute atomic E-state index is 0.224. The van der Waals surface area contributed by atoms with Crippen molar-refractivity contribution >= 4 is 17.7 Å². The van der Waals surface area contributed by atoms with E-state index in [1.54, 1.807) is 6.33 Å². The van der Waals surface area contributed by atoms with Crippen molar-refractivity contribution in [3.05, 3.63) is 36.7 Å². The van der Waals surface area contributed by atoms with Gasteiger partial charge >= 0.3 is 5.97 Å². The molecule has 1 heterocycles. The number of esters is 1. The molecule has 0 aliphatic rings. The summed E-state index contributed by atoms with van der Waals surface area (Å²) in [6.45, 7) is 5.48. The van der Waals surface area contributed by atoms with Crippen LogP contribution >= 0.6 is 11.8 Å². The van der Waals surface area contributed by atoms with E-state index >= 15 is 0 Å². The Bertz CT molecular complexity index is 576. The number of para-hydroxylation sites is 1. The zero-order valence-electron chi connectivity index (χ0n) is 11.7. The molecule has 0 radical (unpaired) electrons. The predicted octanol–water partition coefficient (Wildman–Crippen LogP) is 2.91. The number of ether oxygens (including phenoxy) is 1. The summed E-state index contributed by atoms with van der Waals surface area (Å²) >= 11 is 1.34. The summed E-state index contributed by atoms with van der Waals surface area (Å²) < 4.78 is 7.07. The maximum atomic E-state index is 11.7. The molecule has 6 heteroatoms. The highest BCUT2D eigenvalue weighted by Gasteiger charge is 2.23. The second-order valence-electron chi connectivity index (χ2n) is 5.26. The lowest BCUT2D eigenvalue weighted by Gasteiger charge is -2.16. The third kappa shape index (κ3) is 3.60. The molecule has 0 aliphatic heterocycles. The lowest BCUT2D eigenvalue weighted by molar-refractivity contribution is -0.150. The maximum Gasteiger partial charge on any atom is 0.312 e. The summed E-state index contributed by atoms with van der Waals surface area (Å²) in [7, 11) is 0. The highest BCUT2D eigenvalue weighted by molar-refractivity contribution is 7.99.